The molecule has 7 heteroatoms. The molecule has 1 aromatic heterocycles. The van der Waals surface area contributed by atoms with Gasteiger partial charge in [0, 0.05) is 36.2 Å². The zero-order valence-electron chi connectivity index (χ0n) is 25.4. The van der Waals surface area contributed by atoms with Gasteiger partial charge in [0.25, 0.3) is 5.91 Å². The van der Waals surface area contributed by atoms with Crippen molar-refractivity contribution in [3.8, 4) is 33.8 Å². The van der Waals surface area contributed by atoms with E-state index >= 15 is 0 Å². The Balaban J connectivity index is 1.43. The Morgan fingerprint density at radius 3 is 2.19 bits per heavy atom. The van der Waals surface area contributed by atoms with E-state index in [0.717, 1.165) is 76.4 Å². The third-order valence-corrected chi connectivity index (χ3v) is 8.70. The highest BCUT2D eigenvalue weighted by Crippen LogP contribution is 2.40. The molecule has 0 amide bonds. The molecular formula is C36H37N5OSi. The van der Waals surface area contributed by atoms with E-state index in [0.29, 0.717) is 12.0 Å². The molecule has 0 saturated carbocycles. The van der Waals surface area contributed by atoms with Gasteiger partial charge in [0.15, 0.2) is 0 Å². The summed E-state index contributed by atoms with van der Waals surface area (Å²) in [6.45, 7) is 10.6. The molecule has 1 saturated heterocycles. The van der Waals surface area contributed by atoms with Crippen LogP contribution in [0.15, 0.2) is 94.8 Å². The Kier molecular flexibility index (Phi) is 7.96. The smallest absolute Gasteiger partial charge is 0.278 e. The van der Waals surface area contributed by atoms with Crippen LogP contribution in [0.25, 0.3) is 28.0 Å². The quantitative estimate of drug-likeness (QED) is 0.134. The first-order chi connectivity index (χ1) is 20.8. The molecule has 1 fully saturated rings. The van der Waals surface area contributed by atoms with Crippen LogP contribution in [-0.4, -0.2) is 41.9 Å². The van der Waals surface area contributed by atoms with E-state index in [2.05, 4.69) is 60.5 Å². The first-order valence-corrected chi connectivity index (χ1v) is 18.6. The first-order valence-electron chi connectivity index (χ1n) is 15.1. The molecule has 2 aliphatic rings. The van der Waals surface area contributed by atoms with Gasteiger partial charge in [0.2, 0.25) is 0 Å². The van der Waals surface area contributed by atoms with E-state index in [1.165, 1.54) is 6.42 Å². The Bertz CT molecular complexity index is 1780. The van der Waals surface area contributed by atoms with Crippen molar-refractivity contribution < 1.29 is 4.79 Å². The van der Waals surface area contributed by atoms with Gasteiger partial charge in [0.05, 0.1) is 11.3 Å². The molecule has 0 spiro atoms. The maximum atomic E-state index is 14.3. The summed E-state index contributed by atoms with van der Waals surface area (Å²) in [5.74, 6) is 3.29. The maximum absolute atomic E-state index is 14.3. The molecule has 3 heterocycles. The van der Waals surface area contributed by atoms with Crippen LogP contribution >= 0.6 is 0 Å². The molecule has 4 aromatic rings. The lowest BCUT2D eigenvalue weighted by Gasteiger charge is -2.22. The van der Waals surface area contributed by atoms with E-state index in [9.17, 15) is 4.79 Å². The van der Waals surface area contributed by atoms with Gasteiger partial charge in [-0.1, -0.05) is 103 Å². The standard InChI is InChI=1S/C36H37N5OSi/c1-26-24-32-34(27-14-8-5-9-15-27)35(28-16-10-6-11-17-28)38-41(32)36(42)33(26)30-18-19-31(29(25-30)20-23-43(2,3)4)37-39-40-21-12-7-13-22-40/h5-6,8-11,14-19,25H,7,12-13,21-22,24H2,1-4H3. The Morgan fingerprint density at radius 1 is 0.837 bits per heavy atom. The average molecular weight is 584 g/mol. The summed E-state index contributed by atoms with van der Waals surface area (Å²) in [6.07, 6.45) is 4.15. The number of carbonyl (C=O) groups is 1. The van der Waals surface area contributed by atoms with Gasteiger partial charge >= 0.3 is 0 Å². The van der Waals surface area contributed by atoms with E-state index in [-0.39, 0.29) is 5.91 Å². The topological polar surface area (TPSA) is 62.9 Å². The van der Waals surface area contributed by atoms with Crippen molar-refractivity contribution in [2.24, 2.45) is 10.3 Å². The normalized spacial score (nSPS) is 15.4. The molecule has 3 aromatic carbocycles. The second-order valence-corrected chi connectivity index (χ2v) is 17.1. The van der Waals surface area contributed by atoms with Gasteiger partial charge in [0.1, 0.15) is 19.5 Å². The summed E-state index contributed by atoms with van der Waals surface area (Å²) in [5.41, 5.74) is 12.3. The maximum Gasteiger partial charge on any atom is 0.279 e. The Morgan fingerprint density at radius 2 is 1.51 bits per heavy atom. The lowest BCUT2D eigenvalue weighted by Crippen LogP contribution is -2.23. The van der Waals surface area contributed by atoms with Gasteiger partial charge in [-0.05, 0) is 49.4 Å². The molecule has 2 aliphatic heterocycles. The first kappa shape index (κ1) is 28.6. The van der Waals surface area contributed by atoms with Crippen molar-refractivity contribution in [1.29, 1.82) is 0 Å². The number of carbonyl (C=O) groups excluding carboxylic acids is 1. The number of hydrogen-bond acceptors (Lipinski definition) is 4. The summed E-state index contributed by atoms with van der Waals surface area (Å²) < 4.78 is 1.62. The molecule has 0 aliphatic carbocycles. The number of benzene rings is 3. The highest BCUT2D eigenvalue weighted by molar-refractivity contribution is 6.83. The van der Waals surface area contributed by atoms with Crippen LogP contribution in [-0.2, 0) is 6.42 Å². The number of piperidine rings is 1. The number of fused-ring (bicyclic) bond motifs is 1. The van der Waals surface area contributed by atoms with Crippen molar-refractivity contribution in [3.63, 3.8) is 0 Å². The summed E-state index contributed by atoms with van der Waals surface area (Å²) >= 11 is 0. The number of allylic oxidation sites excluding steroid dienone is 2. The molecule has 43 heavy (non-hydrogen) atoms. The summed E-state index contributed by atoms with van der Waals surface area (Å²) in [5, 5.41) is 16.1. The van der Waals surface area contributed by atoms with E-state index in [4.69, 9.17) is 5.10 Å². The molecule has 0 atom stereocenters. The summed E-state index contributed by atoms with van der Waals surface area (Å²) in [7, 11) is -1.65. The fraction of sp³-hybridized carbons (Fsp3) is 0.278. The van der Waals surface area contributed by atoms with Crippen LogP contribution in [0.2, 0.25) is 19.6 Å². The van der Waals surface area contributed by atoms with Gasteiger partial charge in [-0.15, -0.1) is 10.7 Å². The van der Waals surface area contributed by atoms with Crippen molar-refractivity contribution in [1.82, 2.24) is 14.8 Å². The van der Waals surface area contributed by atoms with Crippen LogP contribution in [0.3, 0.4) is 0 Å². The van der Waals surface area contributed by atoms with Crippen LogP contribution in [0.4, 0.5) is 5.69 Å². The number of rotatable bonds is 5. The summed E-state index contributed by atoms with van der Waals surface area (Å²) in [6, 6.07) is 26.3. The number of nitrogens with zero attached hydrogens (tertiary/aromatic N) is 5. The molecule has 0 unspecified atom stereocenters. The molecule has 216 valence electrons. The van der Waals surface area contributed by atoms with E-state index < -0.39 is 8.07 Å². The van der Waals surface area contributed by atoms with Gasteiger partial charge < -0.3 is 0 Å². The van der Waals surface area contributed by atoms with Gasteiger partial charge in [-0.25, -0.2) is 0 Å². The predicted molar refractivity (Wildman–Crippen MR) is 177 cm³/mol. The lowest BCUT2D eigenvalue weighted by molar-refractivity contribution is 0.0958. The fourth-order valence-electron chi connectivity index (χ4n) is 5.70. The molecule has 0 radical (unpaired) electrons. The van der Waals surface area contributed by atoms with E-state index in [1.54, 1.807) is 4.68 Å². The third-order valence-electron chi connectivity index (χ3n) is 7.83. The second-order valence-electron chi connectivity index (χ2n) is 12.4. The van der Waals surface area contributed by atoms with Crippen LogP contribution in [0.5, 0.6) is 0 Å². The zero-order valence-corrected chi connectivity index (χ0v) is 26.4. The van der Waals surface area contributed by atoms with Gasteiger partial charge in [-0.3, -0.25) is 9.80 Å². The summed E-state index contributed by atoms with van der Waals surface area (Å²) in [4.78, 5) is 14.3. The largest absolute Gasteiger partial charge is 0.279 e. The lowest BCUT2D eigenvalue weighted by atomic mass is 9.90. The molecule has 6 rings (SSSR count). The minimum absolute atomic E-state index is 0.120. The Labute approximate surface area is 255 Å². The molecule has 0 bridgehead atoms. The van der Waals surface area contributed by atoms with E-state index in [1.807, 2.05) is 71.7 Å². The highest BCUT2D eigenvalue weighted by Gasteiger charge is 2.31. The van der Waals surface area contributed by atoms with Crippen LogP contribution in [0.1, 0.15) is 47.8 Å². The monoisotopic (exact) mass is 583 g/mol. The third kappa shape index (κ3) is 6.16. The molecule has 0 N–H and O–H groups in total. The van der Waals surface area contributed by atoms with Crippen molar-refractivity contribution in [3.05, 3.63) is 101 Å². The van der Waals surface area contributed by atoms with Crippen LogP contribution in [0, 0.1) is 11.5 Å². The molecular weight excluding hydrogens is 547 g/mol. The van der Waals surface area contributed by atoms with Gasteiger partial charge in [-0.2, -0.15) is 9.78 Å². The van der Waals surface area contributed by atoms with Crippen molar-refractivity contribution >= 4 is 25.2 Å². The minimum Gasteiger partial charge on any atom is -0.278 e. The minimum atomic E-state index is -1.65. The number of aromatic nitrogens is 2. The zero-order chi connectivity index (χ0) is 30.0. The predicted octanol–water partition coefficient (Wildman–Crippen LogP) is 8.60. The van der Waals surface area contributed by atoms with Crippen molar-refractivity contribution in [2.75, 3.05) is 13.1 Å². The second kappa shape index (κ2) is 12.0. The SMILES string of the molecule is CC1=C(c2ccc(N=NN3CCCCC3)c(C#C[Si](C)(C)C)c2)C(=O)n2nc(-c3ccccc3)c(-c3ccccc3)c2C1. The highest BCUT2D eigenvalue weighted by atomic mass is 28.3. The molecule has 6 nitrogen and oxygen atoms in total. The Hall–Kier alpha value is -4.54. The van der Waals surface area contributed by atoms with Crippen molar-refractivity contribution in [2.45, 2.75) is 52.2 Å². The number of hydrogen-bond donors (Lipinski definition) is 0. The fourth-order valence-corrected chi connectivity index (χ4v) is 6.21. The van der Waals surface area contributed by atoms with Crippen LogP contribution < -0.4 is 0 Å². The average Bonchev–Trinajstić information content (AvgIpc) is 3.40.